The van der Waals surface area contributed by atoms with Crippen molar-refractivity contribution in [2.24, 2.45) is 0 Å². The van der Waals surface area contributed by atoms with Crippen molar-refractivity contribution in [2.45, 2.75) is 51.2 Å². The van der Waals surface area contributed by atoms with Gasteiger partial charge in [-0.3, -0.25) is 9.19 Å². The van der Waals surface area contributed by atoms with Crippen LogP contribution in [0.4, 0.5) is 0 Å². The Morgan fingerprint density at radius 2 is 1.88 bits per heavy atom. The van der Waals surface area contributed by atoms with E-state index >= 15 is 0 Å². The molecule has 0 saturated heterocycles. The van der Waals surface area contributed by atoms with Gasteiger partial charge < -0.3 is 0 Å². The van der Waals surface area contributed by atoms with Crippen LogP contribution in [0.25, 0.3) is 28.0 Å². The second-order valence-corrected chi connectivity index (χ2v) is 11.7. The molecule has 34 heavy (non-hydrogen) atoms. The largest absolute Gasteiger partial charge is 0.259 e. The van der Waals surface area contributed by atoms with E-state index in [1.807, 2.05) is 74.1 Å². The lowest BCUT2D eigenvalue weighted by atomic mass is 10.0. The van der Waals surface area contributed by atoms with Crippen LogP contribution < -0.4 is 0 Å². The van der Waals surface area contributed by atoms with Crippen molar-refractivity contribution in [3.8, 4) is 17.1 Å². The van der Waals surface area contributed by atoms with Crippen molar-refractivity contribution in [3.63, 3.8) is 0 Å². The van der Waals surface area contributed by atoms with Crippen molar-refractivity contribution in [1.82, 2.24) is 19.7 Å². The first-order valence-electron chi connectivity index (χ1n) is 11.7. The summed E-state index contributed by atoms with van der Waals surface area (Å²) in [5.41, 5.74) is 4.87. The summed E-state index contributed by atoms with van der Waals surface area (Å²) in [5, 5.41) is 5.64. The highest BCUT2D eigenvalue weighted by Gasteiger charge is 2.24. The second kappa shape index (κ2) is 10.0. The number of nitrogens with zero attached hydrogens (tertiary/aromatic N) is 4. The lowest BCUT2D eigenvalue weighted by Gasteiger charge is -2.22. The molecule has 0 aliphatic carbocycles. The van der Waals surface area contributed by atoms with E-state index in [2.05, 4.69) is 36.8 Å². The minimum absolute atomic E-state index is 0.0627. The van der Waals surface area contributed by atoms with Gasteiger partial charge in [0.15, 0.2) is 5.82 Å². The minimum atomic E-state index is -0.967. The van der Waals surface area contributed by atoms with E-state index < -0.39 is 10.8 Å². The molecular weight excluding hydrogens is 440 g/mol. The molecule has 4 rings (SSSR count). The number of hydrogen-bond acceptors (Lipinski definition) is 4. The quantitative estimate of drug-likeness (QED) is 0.284. The van der Waals surface area contributed by atoms with Crippen LogP contribution in [0.1, 0.15) is 51.4 Å². The number of hydrogen-bond donors (Lipinski definition) is 0. The summed E-state index contributed by atoms with van der Waals surface area (Å²) in [6, 6.07) is 18.4. The minimum Gasteiger partial charge on any atom is -0.259 e. The Kier molecular flexibility index (Phi) is 7.08. The predicted octanol–water partition coefficient (Wildman–Crippen LogP) is 6.25. The van der Waals surface area contributed by atoms with Gasteiger partial charge in [0, 0.05) is 49.6 Å². The zero-order chi connectivity index (χ0) is 24.3. The third kappa shape index (κ3) is 5.17. The monoisotopic (exact) mass is 472 g/mol. The molecule has 6 heteroatoms. The first-order chi connectivity index (χ1) is 16.3. The average Bonchev–Trinajstić information content (AvgIpc) is 3.26. The van der Waals surface area contributed by atoms with Crippen LogP contribution in [0.5, 0.6) is 0 Å². The van der Waals surface area contributed by atoms with Crippen LogP contribution in [-0.2, 0) is 17.2 Å². The maximum Gasteiger partial charge on any atom is 0.154 e. The van der Waals surface area contributed by atoms with Gasteiger partial charge in [-0.25, -0.2) is 9.67 Å². The number of rotatable bonds is 8. The van der Waals surface area contributed by atoms with Crippen molar-refractivity contribution in [3.05, 3.63) is 84.8 Å². The highest BCUT2D eigenvalue weighted by Crippen LogP contribution is 2.28. The lowest BCUT2D eigenvalue weighted by Crippen LogP contribution is -2.27. The van der Waals surface area contributed by atoms with E-state index in [0.717, 1.165) is 52.2 Å². The molecule has 0 spiro atoms. The molecule has 1 aromatic carbocycles. The molecule has 0 bridgehead atoms. The van der Waals surface area contributed by atoms with Gasteiger partial charge in [-0.2, -0.15) is 5.10 Å². The van der Waals surface area contributed by atoms with E-state index in [1.54, 1.807) is 0 Å². The van der Waals surface area contributed by atoms with Gasteiger partial charge in [-0.05, 0) is 63.9 Å². The number of allylic oxidation sites excluding steroid dienone is 1. The van der Waals surface area contributed by atoms with Crippen LogP contribution in [0.15, 0.2) is 73.4 Å². The maximum absolute atomic E-state index is 12.8. The third-order valence-electron chi connectivity index (χ3n) is 5.91. The average molecular weight is 473 g/mol. The van der Waals surface area contributed by atoms with E-state index in [1.165, 1.54) is 0 Å². The number of pyridine rings is 2. The predicted molar refractivity (Wildman–Crippen MR) is 142 cm³/mol. The van der Waals surface area contributed by atoms with Gasteiger partial charge in [-0.15, -0.1) is 6.58 Å². The topological polar surface area (TPSA) is 60.7 Å². The molecule has 3 aromatic heterocycles. The first-order valence-corrected chi connectivity index (χ1v) is 13.0. The van der Waals surface area contributed by atoms with Crippen molar-refractivity contribution in [1.29, 1.82) is 0 Å². The zero-order valence-electron chi connectivity index (χ0n) is 20.4. The summed E-state index contributed by atoms with van der Waals surface area (Å²) in [6.45, 7) is 12.1. The SMILES string of the molecule is C=CC[C@H](C[S@@](=O)C(C)(C)C)c1cccc(-c2ccc3cnn(-c4cccc(CC)n4)c3c2)n1. The Morgan fingerprint density at radius 1 is 1.09 bits per heavy atom. The normalized spacial score (nSPS) is 13.6. The summed E-state index contributed by atoms with van der Waals surface area (Å²) >= 11 is 0. The molecule has 0 aliphatic rings. The molecule has 0 amide bonds. The summed E-state index contributed by atoms with van der Waals surface area (Å²) < 4.78 is 14.5. The van der Waals surface area contributed by atoms with Gasteiger partial charge in [0.1, 0.15) is 0 Å². The number of aryl methyl sites for hydroxylation is 1. The maximum atomic E-state index is 12.8. The summed E-state index contributed by atoms with van der Waals surface area (Å²) in [7, 11) is -0.967. The van der Waals surface area contributed by atoms with E-state index in [-0.39, 0.29) is 10.7 Å². The highest BCUT2D eigenvalue weighted by molar-refractivity contribution is 7.86. The fourth-order valence-electron chi connectivity index (χ4n) is 3.89. The van der Waals surface area contributed by atoms with Gasteiger partial charge in [0.25, 0.3) is 0 Å². The summed E-state index contributed by atoms with van der Waals surface area (Å²) in [4.78, 5) is 9.73. The first kappa shape index (κ1) is 24.0. The summed E-state index contributed by atoms with van der Waals surface area (Å²) in [6.07, 6.45) is 5.37. The molecule has 176 valence electrons. The number of benzene rings is 1. The zero-order valence-corrected chi connectivity index (χ0v) is 21.2. The molecule has 5 nitrogen and oxygen atoms in total. The molecule has 0 aliphatic heterocycles. The van der Waals surface area contributed by atoms with Crippen LogP contribution >= 0.6 is 0 Å². The van der Waals surface area contributed by atoms with Gasteiger partial charge in [0.2, 0.25) is 0 Å². The van der Waals surface area contributed by atoms with Gasteiger partial charge in [-0.1, -0.05) is 37.3 Å². The van der Waals surface area contributed by atoms with E-state index in [0.29, 0.717) is 5.75 Å². The summed E-state index contributed by atoms with van der Waals surface area (Å²) in [5.74, 6) is 1.44. The van der Waals surface area contributed by atoms with E-state index in [9.17, 15) is 4.21 Å². The molecule has 0 unspecified atom stereocenters. The highest BCUT2D eigenvalue weighted by atomic mass is 32.2. The standard InChI is InChI=1S/C28H32N4OS/c1-6-10-22(19-34(33)28(3,4)5)25-13-9-12-24(31-25)20-15-16-21-18-29-32(26(21)17-20)27-14-8-11-23(7-2)30-27/h6,8-9,11-18,22H,1,7,10,19H2,2-5H3/t22-,34-/m1/s1. The van der Waals surface area contributed by atoms with Crippen LogP contribution in [-0.4, -0.2) is 34.5 Å². The molecule has 0 radical (unpaired) electrons. The third-order valence-corrected chi connectivity index (χ3v) is 7.98. The van der Waals surface area contributed by atoms with Crippen molar-refractivity contribution in [2.75, 3.05) is 5.75 Å². The number of aromatic nitrogens is 4. The van der Waals surface area contributed by atoms with Crippen LogP contribution in [0.3, 0.4) is 0 Å². The van der Waals surface area contributed by atoms with Crippen molar-refractivity contribution < 1.29 is 4.21 Å². The number of fused-ring (bicyclic) bond motifs is 1. The Bertz CT molecular complexity index is 1340. The Hall–Kier alpha value is -3.12. The fraction of sp³-hybridized carbons (Fsp3) is 0.321. The molecule has 2 atom stereocenters. The molecule has 4 aromatic rings. The molecule has 3 heterocycles. The van der Waals surface area contributed by atoms with Gasteiger partial charge in [0.05, 0.1) is 17.4 Å². The molecule has 0 N–H and O–H groups in total. The van der Waals surface area contributed by atoms with Gasteiger partial charge >= 0.3 is 0 Å². The van der Waals surface area contributed by atoms with Crippen molar-refractivity contribution >= 4 is 21.7 Å². The van der Waals surface area contributed by atoms with Crippen LogP contribution in [0, 0.1) is 0 Å². The Morgan fingerprint density at radius 3 is 2.62 bits per heavy atom. The smallest absolute Gasteiger partial charge is 0.154 e. The molecule has 0 saturated carbocycles. The Balaban J connectivity index is 1.71. The van der Waals surface area contributed by atoms with E-state index in [4.69, 9.17) is 9.97 Å². The fourth-order valence-corrected chi connectivity index (χ4v) is 5.06. The second-order valence-electron chi connectivity index (χ2n) is 9.46. The lowest BCUT2D eigenvalue weighted by molar-refractivity contribution is 0.636. The molecular formula is C28H32N4OS. The Labute approximate surface area is 204 Å². The molecule has 0 fully saturated rings. The van der Waals surface area contributed by atoms with Crippen LogP contribution in [0.2, 0.25) is 0 Å².